The smallest absolute Gasteiger partial charge is 0.408 e. The number of halogens is 1. The van der Waals surface area contributed by atoms with E-state index in [4.69, 9.17) is 16.3 Å². The van der Waals surface area contributed by atoms with E-state index in [0.717, 1.165) is 11.1 Å². The molecular formula is C27H34ClN3O4. The van der Waals surface area contributed by atoms with Crippen LogP contribution in [-0.2, 0) is 14.3 Å². The van der Waals surface area contributed by atoms with Gasteiger partial charge in [0.1, 0.15) is 18.2 Å². The average Bonchev–Trinajstić information content (AvgIpc) is 2.76. The van der Waals surface area contributed by atoms with Crippen LogP contribution in [0.2, 0.25) is 5.02 Å². The van der Waals surface area contributed by atoms with Gasteiger partial charge in [0.05, 0.1) is 10.7 Å². The van der Waals surface area contributed by atoms with E-state index in [2.05, 4.69) is 17.2 Å². The molecule has 2 N–H and O–H groups in total. The highest BCUT2D eigenvalue weighted by atomic mass is 35.5. The Hall–Kier alpha value is -3.32. The van der Waals surface area contributed by atoms with Crippen LogP contribution < -0.4 is 10.6 Å². The van der Waals surface area contributed by atoms with E-state index in [0.29, 0.717) is 16.3 Å². The number of para-hydroxylation sites is 1. The first kappa shape index (κ1) is 27.9. The Morgan fingerprint density at radius 1 is 1.14 bits per heavy atom. The van der Waals surface area contributed by atoms with E-state index in [9.17, 15) is 14.4 Å². The molecule has 0 bridgehead atoms. The number of hydrogen-bond donors (Lipinski definition) is 2. The molecule has 0 spiro atoms. The molecule has 35 heavy (non-hydrogen) atoms. The summed E-state index contributed by atoms with van der Waals surface area (Å²) < 4.78 is 5.23. The van der Waals surface area contributed by atoms with Gasteiger partial charge in [-0.2, -0.15) is 0 Å². The van der Waals surface area contributed by atoms with E-state index in [1.165, 1.54) is 4.90 Å². The predicted molar refractivity (Wildman–Crippen MR) is 140 cm³/mol. The third kappa shape index (κ3) is 7.86. The summed E-state index contributed by atoms with van der Waals surface area (Å²) in [5.41, 5.74) is 1.97. The number of ether oxygens (including phenoxy) is 1. The van der Waals surface area contributed by atoms with Crippen molar-refractivity contribution in [3.63, 3.8) is 0 Å². The van der Waals surface area contributed by atoms with E-state index in [-0.39, 0.29) is 12.6 Å². The van der Waals surface area contributed by atoms with Crippen molar-refractivity contribution in [1.82, 2.24) is 10.2 Å². The van der Waals surface area contributed by atoms with Gasteiger partial charge in [-0.25, -0.2) is 4.79 Å². The molecule has 0 aromatic heterocycles. The molecule has 2 aromatic carbocycles. The van der Waals surface area contributed by atoms with Crippen molar-refractivity contribution in [2.24, 2.45) is 0 Å². The number of hydrogen-bond acceptors (Lipinski definition) is 4. The van der Waals surface area contributed by atoms with Crippen molar-refractivity contribution in [3.05, 3.63) is 70.8 Å². The molecule has 0 heterocycles. The lowest BCUT2D eigenvalue weighted by molar-refractivity contribution is -0.140. The zero-order valence-electron chi connectivity index (χ0n) is 21.1. The lowest BCUT2D eigenvalue weighted by Gasteiger charge is -2.35. The summed E-state index contributed by atoms with van der Waals surface area (Å²) in [5.74, 6) is -0.868. The molecule has 0 radical (unpaired) electrons. The fraction of sp³-hybridized carbons (Fsp3) is 0.370. The first-order chi connectivity index (χ1) is 16.3. The zero-order valence-corrected chi connectivity index (χ0v) is 21.9. The van der Waals surface area contributed by atoms with Crippen molar-refractivity contribution in [2.75, 3.05) is 11.9 Å². The molecule has 2 rings (SSSR count). The number of benzene rings is 2. The molecule has 0 fully saturated rings. The minimum absolute atomic E-state index is 0.330. The molecule has 2 aromatic rings. The lowest BCUT2D eigenvalue weighted by atomic mass is 9.99. The fourth-order valence-electron chi connectivity index (χ4n) is 3.56. The van der Waals surface area contributed by atoms with E-state index in [1.807, 2.05) is 32.9 Å². The number of amides is 3. The van der Waals surface area contributed by atoms with Crippen LogP contribution in [0.25, 0.3) is 6.08 Å². The fourth-order valence-corrected chi connectivity index (χ4v) is 3.83. The Morgan fingerprint density at radius 2 is 1.80 bits per heavy atom. The van der Waals surface area contributed by atoms with Crippen LogP contribution in [0.3, 0.4) is 0 Å². The summed E-state index contributed by atoms with van der Waals surface area (Å²) in [7, 11) is 0. The van der Waals surface area contributed by atoms with Crippen LogP contribution in [0.5, 0.6) is 0 Å². The monoisotopic (exact) mass is 499 g/mol. The molecule has 0 saturated heterocycles. The van der Waals surface area contributed by atoms with Crippen LogP contribution >= 0.6 is 11.6 Å². The first-order valence-corrected chi connectivity index (χ1v) is 11.8. The number of anilines is 1. The number of alkyl carbamates (subject to hydrolysis) is 1. The number of rotatable bonds is 8. The van der Waals surface area contributed by atoms with E-state index in [1.54, 1.807) is 57.2 Å². The third-order valence-electron chi connectivity index (χ3n) is 5.09. The largest absolute Gasteiger partial charge is 0.444 e. The molecule has 188 valence electrons. The molecule has 3 amide bonds. The molecule has 1 atom stereocenters. The average molecular weight is 500 g/mol. The van der Waals surface area contributed by atoms with Gasteiger partial charge in [0.25, 0.3) is 5.91 Å². The van der Waals surface area contributed by atoms with Gasteiger partial charge in [0.2, 0.25) is 5.91 Å². The van der Waals surface area contributed by atoms with Crippen molar-refractivity contribution in [2.45, 2.75) is 59.2 Å². The van der Waals surface area contributed by atoms with Crippen LogP contribution in [0, 0.1) is 6.92 Å². The maximum atomic E-state index is 13.7. The lowest BCUT2D eigenvalue weighted by Crippen LogP contribution is -2.49. The minimum Gasteiger partial charge on any atom is -0.444 e. The summed E-state index contributed by atoms with van der Waals surface area (Å²) in [4.78, 5) is 40.6. The van der Waals surface area contributed by atoms with Gasteiger partial charge in [0, 0.05) is 6.04 Å². The normalized spacial score (nSPS) is 12.0. The van der Waals surface area contributed by atoms with Gasteiger partial charge in [-0.1, -0.05) is 54.6 Å². The second-order valence-corrected chi connectivity index (χ2v) is 9.86. The maximum absolute atomic E-state index is 13.7. The zero-order chi connectivity index (χ0) is 26.3. The Balaban J connectivity index is 2.43. The molecular weight excluding hydrogens is 466 g/mol. The number of nitrogens with one attached hydrogen (secondary N) is 2. The highest BCUT2D eigenvalue weighted by molar-refractivity contribution is 6.34. The van der Waals surface area contributed by atoms with Crippen molar-refractivity contribution < 1.29 is 19.1 Å². The van der Waals surface area contributed by atoms with Crippen LogP contribution in [0.1, 0.15) is 57.4 Å². The summed E-state index contributed by atoms with van der Waals surface area (Å²) in [6.45, 7) is 14.1. The highest BCUT2D eigenvalue weighted by Crippen LogP contribution is 2.30. The number of carbonyl (C=O) groups is 3. The third-order valence-corrected chi connectivity index (χ3v) is 5.40. The van der Waals surface area contributed by atoms with Crippen molar-refractivity contribution in [1.29, 1.82) is 0 Å². The first-order valence-electron chi connectivity index (χ1n) is 11.4. The van der Waals surface area contributed by atoms with E-state index >= 15 is 0 Å². The predicted octanol–water partition coefficient (Wildman–Crippen LogP) is 5.73. The Morgan fingerprint density at radius 3 is 2.37 bits per heavy atom. The van der Waals surface area contributed by atoms with Gasteiger partial charge in [-0.3, -0.25) is 9.59 Å². The summed E-state index contributed by atoms with van der Waals surface area (Å²) >= 11 is 6.34. The summed E-state index contributed by atoms with van der Waals surface area (Å²) in [6, 6.07) is 11.2. The number of nitrogens with zero attached hydrogens (tertiary/aromatic N) is 1. The summed E-state index contributed by atoms with van der Waals surface area (Å²) in [6.07, 6.45) is 0.957. The molecule has 0 aliphatic rings. The van der Waals surface area contributed by atoms with Crippen molar-refractivity contribution in [3.8, 4) is 0 Å². The maximum Gasteiger partial charge on any atom is 0.408 e. The van der Waals surface area contributed by atoms with Gasteiger partial charge < -0.3 is 20.3 Å². The number of aryl methyl sites for hydroxylation is 1. The Labute approximate surface area is 212 Å². The second kappa shape index (κ2) is 11.9. The Kier molecular flexibility index (Phi) is 9.48. The molecule has 8 heteroatoms. The molecule has 1 unspecified atom stereocenters. The Bertz CT molecular complexity index is 1070. The standard InChI is InChI=1S/C27H34ClN3O4/c1-8-19-12-10-13-20(15-19)24(25(33)30-23-18(4)11-9-14-21(23)28)31(17(2)3)22(32)16-29-26(34)35-27(5,6)7/h8-15,17,24H,1,16H2,2-7H3,(H,29,34)(H,30,33). The molecule has 7 nitrogen and oxygen atoms in total. The van der Waals surface area contributed by atoms with Gasteiger partial charge in [0.15, 0.2) is 0 Å². The number of carbonyl (C=O) groups excluding carboxylic acids is 3. The summed E-state index contributed by atoms with van der Waals surface area (Å²) in [5, 5.41) is 5.78. The van der Waals surface area contributed by atoms with Crippen LogP contribution in [0.15, 0.2) is 49.0 Å². The highest BCUT2D eigenvalue weighted by Gasteiger charge is 2.34. The van der Waals surface area contributed by atoms with Crippen LogP contribution in [-0.4, -0.2) is 41.0 Å². The van der Waals surface area contributed by atoms with Gasteiger partial charge in [-0.05, 0) is 70.4 Å². The topological polar surface area (TPSA) is 87.7 Å². The molecule has 0 aliphatic carbocycles. The second-order valence-electron chi connectivity index (χ2n) is 9.45. The van der Waals surface area contributed by atoms with Gasteiger partial charge in [-0.15, -0.1) is 0 Å². The molecule has 0 saturated carbocycles. The quantitative estimate of drug-likeness (QED) is 0.485. The van der Waals surface area contributed by atoms with Crippen LogP contribution in [0.4, 0.5) is 10.5 Å². The SMILES string of the molecule is C=Cc1cccc(C(C(=O)Nc2c(C)cccc2Cl)N(C(=O)CNC(=O)OC(C)(C)C)C(C)C)c1. The minimum atomic E-state index is -0.987. The van der Waals surface area contributed by atoms with Crippen molar-refractivity contribution >= 4 is 41.3 Å². The van der Waals surface area contributed by atoms with Gasteiger partial charge >= 0.3 is 6.09 Å². The van der Waals surface area contributed by atoms with E-state index < -0.39 is 29.6 Å². The molecule has 0 aliphatic heterocycles.